The molecule has 0 saturated heterocycles. The molecule has 0 aliphatic heterocycles. The SMILES string of the molecule is CCCc1ccc(NC(=O)C(CC(C)C)C(C)=O)cc1. The number of aryl methyl sites for hydroxylation is 1. The average molecular weight is 275 g/mol. The van der Waals surface area contributed by atoms with E-state index in [1.165, 1.54) is 12.5 Å². The van der Waals surface area contributed by atoms with Gasteiger partial charge in [0.15, 0.2) is 0 Å². The van der Waals surface area contributed by atoms with Crippen LogP contribution in [0, 0.1) is 11.8 Å². The molecular formula is C17H25NO2. The fourth-order valence-electron chi connectivity index (χ4n) is 2.20. The summed E-state index contributed by atoms with van der Waals surface area (Å²) < 4.78 is 0. The van der Waals surface area contributed by atoms with E-state index >= 15 is 0 Å². The van der Waals surface area contributed by atoms with Crippen LogP contribution in [0.4, 0.5) is 5.69 Å². The molecule has 0 aliphatic rings. The summed E-state index contributed by atoms with van der Waals surface area (Å²) in [7, 11) is 0. The van der Waals surface area contributed by atoms with Gasteiger partial charge in [0.2, 0.25) is 5.91 Å². The van der Waals surface area contributed by atoms with Crippen molar-refractivity contribution < 1.29 is 9.59 Å². The predicted octanol–water partition coefficient (Wildman–Crippen LogP) is 3.83. The van der Waals surface area contributed by atoms with Gasteiger partial charge in [-0.3, -0.25) is 9.59 Å². The molecule has 0 radical (unpaired) electrons. The van der Waals surface area contributed by atoms with Crippen molar-refractivity contribution in [3.8, 4) is 0 Å². The molecular weight excluding hydrogens is 250 g/mol. The standard InChI is InChI=1S/C17H25NO2/c1-5-6-14-7-9-15(10-8-14)18-17(20)16(13(4)19)11-12(2)3/h7-10,12,16H,5-6,11H2,1-4H3,(H,18,20). The van der Waals surface area contributed by atoms with Gasteiger partial charge in [0.1, 0.15) is 5.78 Å². The number of carbonyl (C=O) groups excluding carboxylic acids is 2. The van der Waals surface area contributed by atoms with Crippen LogP contribution in [0.15, 0.2) is 24.3 Å². The smallest absolute Gasteiger partial charge is 0.234 e. The van der Waals surface area contributed by atoms with E-state index in [0.29, 0.717) is 12.3 Å². The molecule has 0 aliphatic carbocycles. The number of carbonyl (C=O) groups is 2. The van der Waals surface area contributed by atoms with Crippen LogP contribution in [0.5, 0.6) is 0 Å². The topological polar surface area (TPSA) is 46.2 Å². The first-order chi connectivity index (χ1) is 9.43. The summed E-state index contributed by atoms with van der Waals surface area (Å²) in [6, 6.07) is 7.83. The Morgan fingerprint density at radius 1 is 1.15 bits per heavy atom. The van der Waals surface area contributed by atoms with Gasteiger partial charge in [-0.1, -0.05) is 39.3 Å². The zero-order chi connectivity index (χ0) is 15.1. The van der Waals surface area contributed by atoms with E-state index in [1.807, 2.05) is 38.1 Å². The minimum absolute atomic E-state index is 0.0706. The van der Waals surface area contributed by atoms with Crippen LogP contribution in [0.3, 0.4) is 0 Å². The highest BCUT2D eigenvalue weighted by Crippen LogP contribution is 2.17. The second kappa shape index (κ2) is 7.83. The molecule has 1 unspecified atom stereocenters. The van der Waals surface area contributed by atoms with Gasteiger partial charge in [-0.15, -0.1) is 0 Å². The van der Waals surface area contributed by atoms with Gasteiger partial charge in [0.05, 0.1) is 5.92 Å². The molecule has 0 fully saturated rings. The largest absolute Gasteiger partial charge is 0.325 e. The van der Waals surface area contributed by atoms with Gasteiger partial charge in [-0.2, -0.15) is 0 Å². The molecule has 110 valence electrons. The van der Waals surface area contributed by atoms with Crippen molar-refractivity contribution in [1.82, 2.24) is 0 Å². The van der Waals surface area contributed by atoms with Crippen LogP contribution >= 0.6 is 0 Å². The average Bonchev–Trinajstić information content (AvgIpc) is 2.38. The van der Waals surface area contributed by atoms with Crippen molar-refractivity contribution >= 4 is 17.4 Å². The molecule has 1 N–H and O–H groups in total. The Balaban J connectivity index is 2.70. The van der Waals surface area contributed by atoms with Crippen LogP contribution in [0.25, 0.3) is 0 Å². The number of hydrogen-bond acceptors (Lipinski definition) is 2. The minimum Gasteiger partial charge on any atom is -0.325 e. The van der Waals surface area contributed by atoms with E-state index in [-0.39, 0.29) is 11.7 Å². The Morgan fingerprint density at radius 2 is 1.75 bits per heavy atom. The Labute approximate surface area is 121 Å². The molecule has 3 heteroatoms. The van der Waals surface area contributed by atoms with Gasteiger partial charge in [-0.25, -0.2) is 0 Å². The molecule has 1 atom stereocenters. The second-order valence-corrected chi connectivity index (χ2v) is 5.73. The molecule has 1 aromatic rings. The summed E-state index contributed by atoms with van der Waals surface area (Å²) in [5.41, 5.74) is 2.01. The summed E-state index contributed by atoms with van der Waals surface area (Å²) in [4.78, 5) is 23.8. The van der Waals surface area contributed by atoms with Gasteiger partial charge in [0, 0.05) is 5.69 Å². The highest BCUT2D eigenvalue weighted by Gasteiger charge is 2.24. The van der Waals surface area contributed by atoms with Gasteiger partial charge < -0.3 is 5.32 Å². The van der Waals surface area contributed by atoms with E-state index in [1.54, 1.807) is 0 Å². The first-order valence-corrected chi connectivity index (χ1v) is 7.34. The maximum absolute atomic E-state index is 12.2. The van der Waals surface area contributed by atoms with Gasteiger partial charge in [0.25, 0.3) is 0 Å². The van der Waals surface area contributed by atoms with Crippen LogP contribution in [0.2, 0.25) is 0 Å². The third kappa shape index (κ3) is 5.16. The van der Waals surface area contributed by atoms with E-state index < -0.39 is 5.92 Å². The van der Waals surface area contributed by atoms with Crippen LogP contribution < -0.4 is 5.32 Å². The van der Waals surface area contributed by atoms with Crippen molar-refractivity contribution in [2.75, 3.05) is 5.32 Å². The minimum atomic E-state index is -0.551. The molecule has 20 heavy (non-hydrogen) atoms. The quantitative estimate of drug-likeness (QED) is 0.769. The number of benzene rings is 1. The zero-order valence-electron chi connectivity index (χ0n) is 12.9. The summed E-state index contributed by atoms with van der Waals surface area (Å²) >= 11 is 0. The summed E-state index contributed by atoms with van der Waals surface area (Å²) in [5.74, 6) is -0.500. The molecule has 0 heterocycles. The van der Waals surface area contributed by atoms with E-state index in [9.17, 15) is 9.59 Å². The third-order valence-corrected chi connectivity index (χ3v) is 3.27. The maximum Gasteiger partial charge on any atom is 0.234 e. The monoisotopic (exact) mass is 275 g/mol. The van der Waals surface area contributed by atoms with Crippen LogP contribution in [0.1, 0.15) is 46.1 Å². The fraction of sp³-hybridized carbons (Fsp3) is 0.529. The summed E-state index contributed by atoms with van der Waals surface area (Å²) in [6.07, 6.45) is 2.74. The van der Waals surface area contributed by atoms with Gasteiger partial charge >= 0.3 is 0 Å². The van der Waals surface area contributed by atoms with Crippen molar-refractivity contribution in [1.29, 1.82) is 0 Å². The maximum atomic E-state index is 12.2. The molecule has 0 saturated carbocycles. The number of anilines is 1. The number of ketones is 1. The van der Waals surface area contributed by atoms with Gasteiger partial charge in [-0.05, 0) is 43.4 Å². The van der Waals surface area contributed by atoms with E-state index in [2.05, 4.69) is 12.2 Å². The van der Waals surface area contributed by atoms with Crippen LogP contribution in [-0.4, -0.2) is 11.7 Å². The number of amides is 1. The Hall–Kier alpha value is -1.64. The summed E-state index contributed by atoms with van der Waals surface area (Å²) in [6.45, 7) is 7.65. The third-order valence-electron chi connectivity index (χ3n) is 3.27. The highest BCUT2D eigenvalue weighted by molar-refractivity contribution is 6.06. The highest BCUT2D eigenvalue weighted by atomic mass is 16.2. The second-order valence-electron chi connectivity index (χ2n) is 5.73. The molecule has 1 rings (SSSR count). The lowest BCUT2D eigenvalue weighted by molar-refractivity contribution is -0.130. The lowest BCUT2D eigenvalue weighted by Crippen LogP contribution is -2.29. The number of rotatable bonds is 7. The fourth-order valence-corrected chi connectivity index (χ4v) is 2.20. The number of Topliss-reactive ketones (excluding diaryl/α,β-unsaturated/α-hetero) is 1. The van der Waals surface area contributed by atoms with Crippen LogP contribution in [-0.2, 0) is 16.0 Å². The summed E-state index contributed by atoms with van der Waals surface area (Å²) in [5, 5.41) is 2.84. The molecule has 0 spiro atoms. The molecule has 0 aromatic heterocycles. The zero-order valence-corrected chi connectivity index (χ0v) is 12.9. The van der Waals surface area contributed by atoms with E-state index in [4.69, 9.17) is 0 Å². The van der Waals surface area contributed by atoms with Crippen molar-refractivity contribution in [2.45, 2.75) is 47.0 Å². The lowest BCUT2D eigenvalue weighted by atomic mass is 9.93. The number of nitrogens with one attached hydrogen (secondary N) is 1. The first kappa shape index (κ1) is 16.4. The van der Waals surface area contributed by atoms with Crippen molar-refractivity contribution in [2.24, 2.45) is 11.8 Å². The Bertz CT molecular complexity index is 449. The Morgan fingerprint density at radius 3 is 2.20 bits per heavy atom. The van der Waals surface area contributed by atoms with Crippen molar-refractivity contribution in [3.63, 3.8) is 0 Å². The number of hydrogen-bond donors (Lipinski definition) is 1. The predicted molar refractivity (Wildman–Crippen MR) is 82.7 cm³/mol. The first-order valence-electron chi connectivity index (χ1n) is 7.34. The molecule has 1 aromatic carbocycles. The molecule has 1 amide bonds. The van der Waals surface area contributed by atoms with E-state index in [0.717, 1.165) is 18.5 Å². The molecule has 0 bridgehead atoms. The van der Waals surface area contributed by atoms with Crippen molar-refractivity contribution in [3.05, 3.63) is 29.8 Å². The normalized spacial score (nSPS) is 12.2. The Kier molecular flexibility index (Phi) is 6.43. The molecule has 3 nitrogen and oxygen atoms in total. The lowest BCUT2D eigenvalue weighted by Gasteiger charge is -2.16.